The molecule has 82 valence electrons. The summed E-state index contributed by atoms with van der Waals surface area (Å²) in [4.78, 5) is 0. The van der Waals surface area contributed by atoms with E-state index in [9.17, 15) is 8.42 Å². The van der Waals surface area contributed by atoms with Crippen molar-refractivity contribution in [3.63, 3.8) is 0 Å². The Morgan fingerprint density at radius 3 is 2.50 bits per heavy atom. The van der Waals surface area contributed by atoms with Crippen LogP contribution in [0.15, 0.2) is 24.3 Å². The molecule has 0 spiro atoms. The van der Waals surface area contributed by atoms with Crippen LogP contribution in [0.25, 0.3) is 0 Å². The summed E-state index contributed by atoms with van der Waals surface area (Å²) in [6.07, 6.45) is -0.0168. The van der Waals surface area contributed by atoms with Crippen LogP contribution < -0.4 is 0 Å². The Kier molecular flexibility index (Phi) is 4.04. The molecule has 4 nitrogen and oxygen atoms in total. The lowest BCUT2D eigenvalue weighted by Gasteiger charge is -2.03. The highest BCUT2D eigenvalue weighted by Crippen LogP contribution is 2.12. The summed E-state index contributed by atoms with van der Waals surface area (Å²) in [5, 5.41) is 17.1. The van der Waals surface area contributed by atoms with Gasteiger partial charge in [0, 0.05) is 6.42 Å². The Labute approximate surface area is 94.7 Å². The first kappa shape index (κ1) is 12.2. The molecule has 0 bridgehead atoms. The van der Waals surface area contributed by atoms with Gasteiger partial charge >= 0.3 is 0 Å². The van der Waals surface area contributed by atoms with Crippen molar-refractivity contribution < 1.29 is 8.42 Å². The summed E-state index contributed by atoms with van der Waals surface area (Å²) in [6.45, 7) is 0. The minimum atomic E-state index is -3.30. The first-order chi connectivity index (χ1) is 7.59. The quantitative estimate of drug-likeness (QED) is 0.788. The molecule has 1 aromatic carbocycles. The molecule has 0 aromatic heterocycles. The maximum absolute atomic E-state index is 11.6. The number of benzene rings is 1. The van der Waals surface area contributed by atoms with E-state index < -0.39 is 9.84 Å². The molecule has 0 unspecified atom stereocenters. The third-order valence-electron chi connectivity index (χ3n) is 2.04. The largest absolute Gasteiger partial charge is 0.228 e. The fraction of sp³-hybridized carbons (Fsp3) is 0.273. The van der Waals surface area contributed by atoms with Crippen LogP contribution >= 0.6 is 0 Å². The highest BCUT2D eigenvalue weighted by Gasteiger charge is 2.13. The molecule has 0 heterocycles. The Morgan fingerprint density at radius 2 is 1.88 bits per heavy atom. The van der Waals surface area contributed by atoms with Crippen LogP contribution in [-0.4, -0.2) is 14.2 Å². The van der Waals surface area contributed by atoms with Gasteiger partial charge in [-0.05, 0) is 11.6 Å². The van der Waals surface area contributed by atoms with Crippen molar-refractivity contribution in [1.29, 1.82) is 10.5 Å². The molecule has 0 amide bonds. The summed E-state index contributed by atoms with van der Waals surface area (Å²) in [5.74, 6) is -0.346. The molecule has 0 N–H and O–H groups in total. The number of nitriles is 2. The van der Waals surface area contributed by atoms with E-state index in [-0.39, 0.29) is 17.9 Å². The Morgan fingerprint density at radius 1 is 1.19 bits per heavy atom. The van der Waals surface area contributed by atoms with Crippen molar-refractivity contribution in [2.24, 2.45) is 0 Å². The second-order valence-corrected chi connectivity index (χ2v) is 5.45. The molecule has 1 rings (SSSR count). The lowest BCUT2D eigenvalue weighted by Crippen LogP contribution is -2.09. The van der Waals surface area contributed by atoms with Gasteiger partial charge in [0.2, 0.25) is 0 Å². The van der Waals surface area contributed by atoms with Gasteiger partial charge in [0.25, 0.3) is 0 Å². The molecular formula is C11H10N2O2S. The Hall–Kier alpha value is -1.85. The van der Waals surface area contributed by atoms with E-state index >= 15 is 0 Å². The van der Waals surface area contributed by atoms with Gasteiger partial charge in [0.05, 0.1) is 29.2 Å². The summed E-state index contributed by atoms with van der Waals surface area (Å²) in [6, 6.07) is 10.3. The fourth-order valence-electron chi connectivity index (χ4n) is 1.27. The first-order valence-corrected chi connectivity index (χ1v) is 6.46. The smallest absolute Gasteiger partial charge is 0.155 e. The van der Waals surface area contributed by atoms with Gasteiger partial charge in [-0.3, -0.25) is 0 Å². The van der Waals surface area contributed by atoms with Gasteiger partial charge in [-0.1, -0.05) is 18.2 Å². The van der Waals surface area contributed by atoms with Crippen molar-refractivity contribution in [1.82, 2.24) is 0 Å². The third-order valence-corrected chi connectivity index (χ3v) is 3.62. The van der Waals surface area contributed by atoms with Crippen LogP contribution in [0.3, 0.4) is 0 Å². The fourth-order valence-corrected chi connectivity index (χ4v) is 2.54. The van der Waals surface area contributed by atoms with E-state index in [1.807, 2.05) is 6.07 Å². The van der Waals surface area contributed by atoms with E-state index in [0.29, 0.717) is 11.1 Å². The normalized spacial score (nSPS) is 10.4. The van der Waals surface area contributed by atoms with Crippen LogP contribution in [0.4, 0.5) is 0 Å². The van der Waals surface area contributed by atoms with E-state index in [1.165, 1.54) is 0 Å². The zero-order valence-corrected chi connectivity index (χ0v) is 9.37. The maximum atomic E-state index is 11.6. The molecule has 0 aliphatic rings. The third kappa shape index (κ3) is 3.38. The molecule has 0 radical (unpaired) electrons. The van der Waals surface area contributed by atoms with Gasteiger partial charge in [0.15, 0.2) is 9.84 Å². The number of rotatable bonds is 4. The highest BCUT2D eigenvalue weighted by molar-refractivity contribution is 7.90. The van der Waals surface area contributed by atoms with Crippen molar-refractivity contribution in [2.45, 2.75) is 12.2 Å². The lowest BCUT2D eigenvalue weighted by atomic mass is 10.1. The highest BCUT2D eigenvalue weighted by atomic mass is 32.2. The van der Waals surface area contributed by atoms with Crippen molar-refractivity contribution >= 4 is 9.84 Å². The van der Waals surface area contributed by atoms with Gasteiger partial charge < -0.3 is 0 Å². The number of nitrogens with zero attached hydrogens (tertiary/aromatic N) is 2. The minimum Gasteiger partial charge on any atom is -0.228 e. The second-order valence-electron chi connectivity index (χ2n) is 3.27. The summed E-state index contributed by atoms with van der Waals surface area (Å²) < 4.78 is 23.1. The topological polar surface area (TPSA) is 81.7 Å². The van der Waals surface area contributed by atoms with E-state index in [2.05, 4.69) is 0 Å². The first-order valence-electron chi connectivity index (χ1n) is 4.64. The zero-order valence-electron chi connectivity index (χ0n) is 8.55. The minimum absolute atomic E-state index is 0.0168. The Balaban J connectivity index is 2.90. The second kappa shape index (κ2) is 5.29. The lowest BCUT2D eigenvalue weighted by molar-refractivity contribution is 0.595. The van der Waals surface area contributed by atoms with Gasteiger partial charge in [-0.25, -0.2) is 8.42 Å². The molecule has 1 aromatic rings. The molecule has 5 heteroatoms. The SMILES string of the molecule is N#CCCS(=O)(=O)Cc1ccccc1C#N. The van der Waals surface area contributed by atoms with E-state index in [1.54, 1.807) is 30.3 Å². The predicted octanol–water partition coefficient (Wildman–Crippen LogP) is 1.39. The standard InChI is InChI=1S/C11H10N2O2S/c12-6-3-7-16(14,15)9-11-5-2-1-4-10(11)8-13/h1-2,4-5H,3,7,9H2. The van der Waals surface area contributed by atoms with Gasteiger partial charge in [-0.15, -0.1) is 0 Å². The maximum Gasteiger partial charge on any atom is 0.155 e. The summed E-state index contributed by atoms with van der Waals surface area (Å²) in [5.41, 5.74) is 0.853. The molecule has 0 aliphatic carbocycles. The molecular weight excluding hydrogens is 224 g/mol. The predicted molar refractivity (Wildman–Crippen MR) is 58.9 cm³/mol. The number of hydrogen-bond donors (Lipinski definition) is 0. The average molecular weight is 234 g/mol. The van der Waals surface area contributed by atoms with Crippen LogP contribution in [0, 0.1) is 22.7 Å². The summed E-state index contributed by atoms with van der Waals surface area (Å²) >= 11 is 0. The van der Waals surface area contributed by atoms with Crippen LogP contribution in [-0.2, 0) is 15.6 Å². The van der Waals surface area contributed by atoms with Gasteiger partial charge in [0.1, 0.15) is 0 Å². The van der Waals surface area contributed by atoms with Crippen molar-refractivity contribution in [3.8, 4) is 12.1 Å². The zero-order chi connectivity index (χ0) is 12.0. The van der Waals surface area contributed by atoms with Crippen LogP contribution in [0.1, 0.15) is 17.5 Å². The van der Waals surface area contributed by atoms with E-state index in [0.717, 1.165) is 0 Å². The molecule has 0 aliphatic heterocycles. The van der Waals surface area contributed by atoms with Crippen LogP contribution in [0.2, 0.25) is 0 Å². The van der Waals surface area contributed by atoms with Crippen molar-refractivity contribution in [2.75, 3.05) is 5.75 Å². The van der Waals surface area contributed by atoms with E-state index in [4.69, 9.17) is 10.5 Å². The molecule has 0 saturated carbocycles. The molecule has 0 atom stereocenters. The van der Waals surface area contributed by atoms with Crippen LogP contribution in [0.5, 0.6) is 0 Å². The Bertz CT molecular complexity index is 550. The number of hydrogen-bond acceptors (Lipinski definition) is 4. The molecule has 0 fully saturated rings. The molecule has 0 saturated heterocycles. The van der Waals surface area contributed by atoms with Gasteiger partial charge in [-0.2, -0.15) is 10.5 Å². The summed E-state index contributed by atoms with van der Waals surface area (Å²) in [7, 11) is -3.30. The number of sulfone groups is 1. The molecule has 16 heavy (non-hydrogen) atoms. The average Bonchev–Trinajstić information content (AvgIpc) is 2.27. The van der Waals surface area contributed by atoms with Crippen molar-refractivity contribution in [3.05, 3.63) is 35.4 Å². The monoisotopic (exact) mass is 234 g/mol.